The van der Waals surface area contributed by atoms with E-state index >= 15 is 0 Å². The molecule has 4 heteroatoms. The summed E-state index contributed by atoms with van der Waals surface area (Å²) in [4.78, 5) is 9.36. The highest BCUT2D eigenvalue weighted by atomic mass is 15.2. The molecule has 2 rings (SSSR count). The lowest BCUT2D eigenvalue weighted by Crippen LogP contribution is -2.37. The quantitative estimate of drug-likeness (QED) is 0.871. The molecule has 0 atom stereocenters. The fourth-order valence-electron chi connectivity index (χ4n) is 2.89. The molecule has 1 fully saturated rings. The zero-order valence-electron chi connectivity index (χ0n) is 14.0. The smallest absolute Gasteiger partial charge is 0.128 e. The highest BCUT2D eigenvalue weighted by molar-refractivity contribution is 5.39. The minimum Gasteiger partial charge on any atom is -0.357 e. The van der Waals surface area contributed by atoms with Gasteiger partial charge < -0.3 is 15.1 Å². The average molecular weight is 290 g/mol. The number of nitrogens with one attached hydrogen (secondary N) is 1. The van der Waals surface area contributed by atoms with Gasteiger partial charge in [0.1, 0.15) is 5.82 Å². The molecule has 4 nitrogen and oxygen atoms in total. The van der Waals surface area contributed by atoms with Crippen LogP contribution in [0.3, 0.4) is 0 Å². The van der Waals surface area contributed by atoms with E-state index in [1.165, 1.54) is 24.9 Å². The summed E-state index contributed by atoms with van der Waals surface area (Å²) in [7, 11) is 4.33. The number of nitrogens with zero attached hydrogens (tertiary/aromatic N) is 3. The second-order valence-electron chi connectivity index (χ2n) is 6.75. The number of aromatic nitrogens is 1. The van der Waals surface area contributed by atoms with Gasteiger partial charge in [-0.05, 0) is 44.5 Å². The Bertz CT molecular complexity index is 405. The van der Waals surface area contributed by atoms with Gasteiger partial charge in [-0.2, -0.15) is 0 Å². The average Bonchev–Trinajstić information content (AvgIpc) is 2.46. The van der Waals surface area contributed by atoms with Crippen LogP contribution in [-0.4, -0.2) is 49.7 Å². The SMILES string of the molecule is CC(C)NCc1ccc(N2CCC(CN(C)C)CC2)nc1. The Kier molecular flexibility index (Phi) is 6.00. The molecule has 0 spiro atoms. The molecule has 0 amide bonds. The third-order valence-electron chi connectivity index (χ3n) is 4.09. The Morgan fingerprint density at radius 1 is 1.29 bits per heavy atom. The molecule has 1 aliphatic heterocycles. The van der Waals surface area contributed by atoms with Crippen LogP contribution in [0, 0.1) is 5.92 Å². The van der Waals surface area contributed by atoms with E-state index in [-0.39, 0.29) is 0 Å². The van der Waals surface area contributed by atoms with Crippen molar-refractivity contribution in [1.82, 2.24) is 15.2 Å². The number of rotatable bonds is 6. The van der Waals surface area contributed by atoms with Crippen molar-refractivity contribution in [3.8, 4) is 0 Å². The normalized spacial score (nSPS) is 17.0. The number of anilines is 1. The molecule has 2 heterocycles. The predicted molar refractivity (Wildman–Crippen MR) is 89.7 cm³/mol. The van der Waals surface area contributed by atoms with E-state index in [0.29, 0.717) is 6.04 Å². The summed E-state index contributed by atoms with van der Waals surface area (Å²) in [5.41, 5.74) is 1.26. The van der Waals surface area contributed by atoms with Crippen LogP contribution in [0.2, 0.25) is 0 Å². The van der Waals surface area contributed by atoms with E-state index in [2.05, 4.69) is 60.2 Å². The Morgan fingerprint density at radius 2 is 2.00 bits per heavy atom. The lowest BCUT2D eigenvalue weighted by atomic mass is 9.96. The summed E-state index contributed by atoms with van der Waals surface area (Å²) in [6.07, 6.45) is 4.56. The van der Waals surface area contributed by atoms with Crippen molar-refractivity contribution in [3.63, 3.8) is 0 Å². The maximum Gasteiger partial charge on any atom is 0.128 e. The highest BCUT2D eigenvalue weighted by Crippen LogP contribution is 2.22. The van der Waals surface area contributed by atoms with E-state index in [4.69, 9.17) is 0 Å². The molecule has 0 aliphatic carbocycles. The van der Waals surface area contributed by atoms with Crippen LogP contribution in [0.4, 0.5) is 5.82 Å². The molecule has 0 aromatic carbocycles. The minimum atomic E-state index is 0.514. The van der Waals surface area contributed by atoms with Gasteiger partial charge in [0.05, 0.1) is 0 Å². The summed E-state index contributed by atoms with van der Waals surface area (Å²) >= 11 is 0. The van der Waals surface area contributed by atoms with Gasteiger partial charge in [0.2, 0.25) is 0 Å². The molecule has 1 N–H and O–H groups in total. The van der Waals surface area contributed by atoms with Gasteiger partial charge in [-0.1, -0.05) is 19.9 Å². The first kappa shape index (κ1) is 16.2. The zero-order valence-corrected chi connectivity index (χ0v) is 14.0. The molecule has 0 saturated carbocycles. The van der Waals surface area contributed by atoms with E-state index in [0.717, 1.165) is 31.4 Å². The zero-order chi connectivity index (χ0) is 15.2. The molecule has 0 bridgehead atoms. The topological polar surface area (TPSA) is 31.4 Å². The highest BCUT2D eigenvalue weighted by Gasteiger charge is 2.20. The third-order valence-corrected chi connectivity index (χ3v) is 4.09. The standard InChI is InChI=1S/C17H30N4/c1-14(2)18-11-16-5-6-17(19-12-16)21-9-7-15(8-10-21)13-20(3)4/h5-6,12,14-15,18H,7-11,13H2,1-4H3. The monoisotopic (exact) mass is 290 g/mol. The van der Waals surface area contributed by atoms with Gasteiger partial charge in [-0.25, -0.2) is 4.98 Å². The largest absolute Gasteiger partial charge is 0.357 e. The Hall–Kier alpha value is -1.13. The molecule has 0 radical (unpaired) electrons. The predicted octanol–water partition coefficient (Wildman–Crippen LogP) is 2.36. The van der Waals surface area contributed by atoms with Crippen LogP contribution in [-0.2, 0) is 6.54 Å². The number of hydrogen-bond acceptors (Lipinski definition) is 4. The van der Waals surface area contributed by atoms with Crippen molar-refractivity contribution in [3.05, 3.63) is 23.9 Å². The minimum absolute atomic E-state index is 0.514. The van der Waals surface area contributed by atoms with E-state index in [1.54, 1.807) is 0 Å². The second-order valence-corrected chi connectivity index (χ2v) is 6.75. The van der Waals surface area contributed by atoms with Gasteiger partial charge in [-0.15, -0.1) is 0 Å². The maximum atomic E-state index is 4.64. The molecule has 1 saturated heterocycles. The number of pyridine rings is 1. The van der Waals surface area contributed by atoms with Crippen molar-refractivity contribution in [2.75, 3.05) is 38.6 Å². The van der Waals surface area contributed by atoms with E-state index in [1.807, 2.05) is 6.20 Å². The molecular weight excluding hydrogens is 260 g/mol. The maximum absolute atomic E-state index is 4.64. The molecule has 1 aromatic heterocycles. The van der Waals surface area contributed by atoms with Gasteiger partial charge >= 0.3 is 0 Å². The molecule has 0 unspecified atom stereocenters. The molecule has 1 aromatic rings. The van der Waals surface area contributed by atoms with Crippen molar-refractivity contribution < 1.29 is 0 Å². The van der Waals surface area contributed by atoms with Crippen molar-refractivity contribution in [2.45, 2.75) is 39.3 Å². The molecular formula is C17H30N4. The lowest BCUT2D eigenvalue weighted by Gasteiger charge is -2.34. The Labute approximate surface area is 129 Å². The van der Waals surface area contributed by atoms with Crippen LogP contribution in [0.1, 0.15) is 32.3 Å². The van der Waals surface area contributed by atoms with E-state index < -0.39 is 0 Å². The molecule has 1 aliphatic rings. The van der Waals surface area contributed by atoms with Crippen LogP contribution >= 0.6 is 0 Å². The Balaban J connectivity index is 1.83. The van der Waals surface area contributed by atoms with Crippen molar-refractivity contribution >= 4 is 5.82 Å². The second kappa shape index (κ2) is 7.76. The van der Waals surface area contributed by atoms with Crippen LogP contribution in [0.15, 0.2) is 18.3 Å². The van der Waals surface area contributed by atoms with Crippen LogP contribution in [0.25, 0.3) is 0 Å². The van der Waals surface area contributed by atoms with Crippen molar-refractivity contribution in [2.24, 2.45) is 5.92 Å². The van der Waals surface area contributed by atoms with Crippen LogP contribution in [0.5, 0.6) is 0 Å². The molecule has 21 heavy (non-hydrogen) atoms. The summed E-state index contributed by atoms with van der Waals surface area (Å²) in [5.74, 6) is 1.97. The summed E-state index contributed by atoms with van der Waals surface area (Å²) in [6, 6.07) is 4.88. The Morgan fingerprint density at radius 3 is 2.52 bits per heavy atom. The fraction of sp³-hybridized carbons (Fsp3) is 0.706. The van der Waals surface area contributed by atoms with Gasteiger partial charge in [0.15, 0.2) is 0 Å². The van der Waals surface area contributed by atoms with Crippen LogP contribution < -0.4 is 10.2 Å². The van der Waals surface area contributed by atoms with Crippen molar-refractivity contribution in [1.29, 1.82) is 0 Å². The third kappa shape index (κ3) is 5.29. The summed E-state index contributed by atoms with van der Waals surface area (Å²) < 4.78 is 0. The van der Waals surface area contributed by atoms with E-state index in [9.17, 15) is 0 Å². The summed E-state index contributed by atoms with van der Waals surface area (Å²) in [6.45, 7) is 8.71. The fourth-order valence-corrected chi connectivity index (χ4v) is 2.89. The first-order valence-corrected chi connectivity index (χ1v) is 8.12. The molecule has 118 valence electrons. The lowest BCUT2D eigenvalue weighted by molar-refractivity contribution is 0.284. The van der Waals surface area contributed by atoms with Gasteiger partial charge in [-0.3, -0.25) is 0 Å². The number of hydrogen-bond donors (Lipinski definition) is 1. The number of piperidine rings is 1. The van der Waals surface area contributed by atoms with Gasteiger partial charge in [0, 0.05) is 38.4 Å². The first-order chi connectivity index (χ1) is 10.0. The first-order valence-electron chi connectivity index (χ1n) is 8.12. The summed E-state index contributed by atoms with van der Waals surface area (Å²) in [5, 5.41) is 3.43. The van der Waals surface area contributed by atoms with Gasteiger partial charge in [0.25, 0.3) is 0 Å².